The molecule has 12 heteroatoms. The minimum absolute atomic E-state index is 0.188. The SMILES string of the molecule is CCOC(=O)c1c(NC(=O)CN2C(=O)S/C(=C/c3ccc(OCc4ccc(Br)cc4)c(OCC)c3)C2=O)sc2c1CCCC2. The average Bonchev–Trinajstić information content (AvgIpc) is 3.49. The Morgan fingerprint density at radius 2 is 1.77 bits per heavy atom. The molecule has 3 amide bonds. The third kappa shape index (κ3) is 7.36. The fourth-order valence-corrected chi connectivity index (χ4v) is 7.31. The van der Waals surface area contributed by atoms with Gasteiger partial charge in [0.2, 0.25) is 5.91 Å². The highest BCUT2D eigenvalue weighted by molar-refractivity contribution is 9.10. The summed E-state index contributed by atoms with van der Waals surface area (Å²) in [5, 5.41) is 2.61. The van der Waals surface area contributed by atoms with Gasteiger partial charge in [-0.05, 0) is 98.3 Å². The maximum atomic E-state index is 13.2. The van der Waals surface area contributed by atoms with E-state index in [1.54, 1.807) is 31.2 Å². The second kappa shape index (κ2) is 14.4. The highest BCUT2D eigenvalue weighted by Gasteiger charge is 2.37. The maximum Gasteiger partial charge on any atom is 0.341 e. The first kappa shape index (κ1) is 31.8. The van der Waals surface area contributed by atoms with Crippen LogP contribution in [0.25, 0.3) is 6.08 Å². The zero-order valence-electron chi connectivity index (χ0n) is 24.3. The standard InChI is InChI=1S/C32H31BrN2O7S2/c1-3-40-24-15-20(11-14-23(24)42-18-19-9-12-21(33)13-10-19)16-26-30(37)35(32(39)44-26)17-27(36)34-29-28(31(38)41-4-2)22-7-5-6-8-25(22)43-29/h9-16H,3-8,17-18H2,1-2H3,(H,34,36)/b26-16+. The third-order valence-corrected chi connectivity index (χ3v) is 9.60. The first-order valence-corrected chi connectivity index (χ1v) is 16.7. The Kier molecular flexibility index (Phi) is 10.4. The Labute approximate surface area is 272 Å². The van der Waals surface area contributed by atoms with Crippen LogP contribution < -0.4 is 14.8 Å². The summed E-state index contributed by atoms with van der Waals surface area (Å²) in [6.07, 6.45) is 5.14. The van der Waals surface area contributed by atoms with Crippen molar-refractivity contribution >= 4 is 73.1 Å². The monoisotopic (exact) mass is 698 g/mol. The minimum atomic E-state index is -0.570. The molecule has 9 nitrogen and oxygen atoms in total. The van der Waals surface area contributed by atoms with E-state index in [0.717, 1.165) is 62.8 Å². The lowest BCUT2D eigenvalue weighted by Gasteiger charge is -2.14. The molecule has 1 fully saturated rings. The number of rotatable bonds is 11. The molecule has 0 bridgehead atoms. The molecule has 1 aliphatic carbocycles. The van der Waals surface area contributed by atoms with Crippen molar-refractivity contribution in [3.63, 3.8) is 0 Å². The number of esters is 1. The quantitative estimate of drug-likeness (QED) is 0.165. The first-order chi connectivity index (χ1) is 21.3. The maximum absolute atomic E-state index is 13.2. The Morgan fingerprint density at radius 3 is 2.52 bits per heavy atom. The van der Waals surface area contributed by atoms with Crippen molar-refractivity contribution in [2.45, 2.75) is 46.1 Å². The number of halogens is 1. The Morgan fingerprint density at radius 1 is 1.00 bits per heavy atom. The number of nitrogens with one attached hydrogen (secondary N) is 1. The molecule has 2 aromatic carbocycles. The highest BCUT2D eigenvalue weighted by Crippen LogP contribution is 2.39. The van der Waals surface area contributed by atoms with Crippen molar-refractivity contribution in [1.82, 2.24) is 4.90 Å². The molecule has 1 saturated heterocycles. The average molecular weight is 700 g/mol. The van der Waals surface area contributed by atoms with Crippen LogP contribution in [0.15, 0.2) is 51.8 Å². The van der Waals surface area contributed by atoms with Crippen molar-refractivity contribution < 1.29 is 33.4 Å². The Balaban J connectivity index is 1.27. The summed E-state index contributed by atoms with van der Waals surface area (Å²) < 4.78 is 18.0. The van der Waals surface area contributed by atoms with Crippen LogP contribution in [-0.2, 0) is 33.8 Å². The molecular weight excluding hydrogens is 668 g/mol. The van der Waals surface area contributed by atoms with E-state index in [-0.39, 0.29) is 11.5 Å². The molecule has 0 radical (unpaired) electrons. The van der Waals surface area contributed by atoms with Crippen molar-refractivity contribution in [2.75, 3.05) is 25.1 Å². The number of nitrogens with zero attached hydrogens (tertiary/aromatic N) is 1. The van der Waals surface area contributed by atoms with E-state index >= 15 is 0 Å². The van der Waals surface area contributed by atoms with E-state index in [4.69, 9.17) is 14.2 Å². The fourth-order valence-electron chi connectivity index (χ4n) is 4.91. The summed E-state index contributed by atoms with van der Waals surface area (Å²) in [4.78, 5) is 53.9. The molecule has 44 heavy (non-hydrogen) atoms. The number of aryl methyl sites for hydroxylation is 1. The number of carbonyl (C=O) groups is 4. The second-order valence-electron chi connectivity index (χ2n) is 10.0. The van der Waals surface area contributed by atoms with E-state index in [2.05, 4.69) is 21.2 Å². The van der Waals surface area contributed by atoms with Crippen LogP contribution in [-0.4, -0.2) is 47.7 Å². The van der Waals surface area contributed by atoms with Crippen LogP contribution in [0.4, 0.5) is 9.80 Å². The minimum Gasteiger partial charge on any atom is -0.490 e. The van der Waals surface area contributed by atoms with Gasteiger partial charge in [-0.25, -0.2) is 4.79 Å². The molecule has 2 heterocycles. The Bertz CT molecular complexity index is 1620. The largest absolute Gasteiger partial charge is 0.490 e. The lowest BCUT2D eigenvalue weighted by Crippen LogP contribution is -2.36. The number of hydrogen-bond acceptors (Lipinski definition) is 9. The van der Waals surface area contributed by atoms with Gasteiger partial charge in [-0.1, -0.05) is 34.1 Å². The van der Waals surface area contributed by atoms with Crippen LogP contribution in [0.1, 0.15) is 58.6 Å². The summed E-state index contributed by atoms with van der Waals surface area (Å²) >= 11 is 5.54. The van der Waals surface area contributed by atoms with E-state index in [9.17, 15) is 19.2 Å². The van der Waals surface area contributed by atoms with Crippen molar-refractivity contribution in [3.05, 3.63) is 79.0 Å². The second-order valence-corrected chi connectivity index (χ2v) is 13.0. The molecule has 0 atom stereocenters. The van der Waals surface area contributed by atoms with Gasteiger partial charge >= 0.3 is 5.97 Å². The topological polar surface area (TPSA) is 111 Å². The molecule has 1 N–H and O–H groups in total. The van der Waals surface area contributed by atoms with Gasteiger partial charge in [0.05, 0.1) is 23.7 Å². The van der Waals surface area contributed by atoms with Crippen LogP contribution in [0.2, 0.25) is 0 Å². The number of ether oxygens (including phenoxy) is 3. The normalized spacial score (nSPS) is 15.3. The van der Waals surface area contributed by atoms with Crippen molar-refractivity contribution in [3.8, 4) is 11.5 Å². The van der Waals surface area contributed by atoms with Crippen LogP contribution in [0.3, 0.4) is 0 Å². The number of benzene rings is 2. The van der Waals surface area contributed by atoms with Crippen LogP contribution in [0, 0.1) is 0 Å². The predicted octanol–water partition coefficient (Wildman–Crippen LogP) is 7.22. The number of anilines is 1. The molecule has 0 saturated carbocycles. The number of imide groups is 1. The number of thiophene rings is 1. The first-order valence-electron chi connectivity index (χ1n) is 14.3. The molecule has 2 aliphatic rings. The highest BCUT2D eigenvalue weighted by atomic mass is 79.9. The van der Waals surface area contributed by atoms with E-state index < -0.39 is 29.6 Å². The molecule has 0 unspecified atom stereocenters. The van der Waals surface area contributed by atoms with E-state index in [1.807, 2.05) is 31.2 Å². The zero-order chi connectivity index (χ0) is 31.2. The fraction of sp³-hybridized carbons (Fsp3) is 0.312. The Hall–Kier alpha value is -3.61. The van der Waals surface area contributed by atoms with Crippen molar-refractivity contribution in [1.29, 1.82) is 0 Å². The summed E-state index contributed by atoms with van der Waals surface area (Å²) in [5.41, 5.74) is 2.93. The number of carbonyl (C=O) groups excluding carboxylic acids is 4. The predicted molar refractivity (Wildman–Crippen MR) is 174 cm³/mol. The third-order valence-electron chi connectivity index (χ3n) is 6.95. The van der Waals surface area contributed by atoms with Gasteiger partial charge < -0.3 is 19.5 Å². The van der Waals surface area contributed by atoms with Crippen molar-refractivity contribution in [2.24, 2.45) is 0 Å². The summed E-state index contributed by atoms with van der Waals surface area (Å²) in [5.74, 6) is -0.557. The molecule has 0 spiro atoms. The van der Waals surface area contributed by atoms with Gasteiger partial charge in [-0.15, -0.1) is 11.3 Å². The zero-order valence-corrected chi connectivity index (χ0v) is 27.5. The van der Waals surface area contributed by atoms with Gasteiger partial charge in [0.25, 0.3) is 11.1 Å². The lowest BCUT2D eigenvalue weighted by molar-refractivity contribution is -0.127. The van der Waals surface area contributed by atoms with Gasteiger partial charge in [0.15, 0.2) is 11.5 Å². The molecule has 1 aliphatic heterocycles. The molecule has 230 valence electrons. The van der Waals surface area contributed by atoms with E-state index in [0.29, 0.717) is 40.8 Å². The lowest BCUT2D eigenvalue weighted by atomic mass is 9.95. The van der Waals surface area contributed by atoms with Gasteiger partial charge in [0.1, 0.15) is 18.2 Å². The number of thioether (sulfide) groups is 1. The van der Waals surface area contributed by atoms with E-state index in [1.165, 1.54) is 11.3 Å². The number of fused-ring (bicyclic) bond motifs is 1. The van der Waals surface area contributed by atoms with Gasteiger partial charge in [-0.3, -0.25) is 19.3 Å². The molecular formula is C32H31BrN2O7S2. The van der Waals surface area contributed by atoms with Gasteiger partial charge in [0, 0.05) is 9.35 Å². The summed E-state index contributed by atoms with van der Waals surface area (Å²) in [6.45, 7) is 4.10. The van der Waals surface area contributed by atoms with Gasteiger partial charge in [-0.2, -0.15) is 0 Å². The van der Waals surface area contributed by atoms with Crippen LogP contribution in [0.5, 0.6) is 11.5 Å². The molecule has 3 aromatic rings. The summed E-state index contributed by atoms with van der Waals surface area (Å²) in [6, 6.07) is 13.1. The smallest absolute Gasteiger partial charge is 0.341 e. The van der Waals surface area contributed by atoms with Crippen LogP contribution >= 0.6 is 39.0 Å². The molecule has 1 aromatic heterocycles. The number of hydrogen-bond donors (Lipinski definition) is 1. The number of amides is 3. The molecule has 5 rings (SSSR count). The summed E-state index contributed by atoms with van der Waals surface area (Å²) in [7, 11) is 0.